The minimum atomic E-state index is -1.32. The van der Waals surface area contributed by atoms with Crippen molar-refractivity contribution < 1.29 is 19.0 Å². The average molecular weight is 412 g/mol. The largest absolute Gasteiger partial charge is 0.492 e. The lowest BCUT2D eigenvalue weighted by molar-refractivity contribution is 0.0695. The van der Waals surface area contributed by atoms with Crippen LogP contribution < -0.4 is 20.8 Å². The maximum absolute atomic E-state index is 15.1. The van der Waals surface area contributed by atoms with Gasteiger partial charge in [0.15, 0.2) is 11.6 Å². The topological polar surface area (TPSA) is 97.8 Å². The molecule has 0 spiro atoms. The fraction of sp³-hybridized carbons (Fsp3) is 0.474. The van der Waals surface area contributed by atoms with E-state index in [-0.39, 0.29) is 52.8 Å². The van der Waals surface area contributed by atoms with Crippen LogP contribution in [0, 0.1) is 11.7 Å². The number of ether oxygens (including phenoxy) is 1. The Balaban J connectivity index is 0.00000225. The summed E-state index contributed by atoms with van der Waals surface area (Å²) in [6, 6.07) is 1.14. The van der Waals surface area contributed by atoms with E-state index < -0.39 is 17.2 Å². The standard InChI is InChI=1S/C19H22FN3O4.ClH/c1-9-6-22(8-14(9)21)16-13(20)5-11-15(18(16)27-2)23(10-3-4-10)7-12(17(11)24)19(25)26;/h5,7,9-10,14H,3-4,6,8,21H2,1-2H3,(H,25,26);1H. The van der Waals surface area contributed by atoms with Gasteiger partial charge in [0.2, 0.25) is 5.43 Å². The van der Waals surface area contributed by atoms with E-state index in [9.17, 15) is 14.7 Å². The summed E-state index contributed by atoms with van der Waals surface area (Å²) in [4.78, 5) is 26.0. The molecule has 0 amide bonds. The molecule has 2 fully saturated rings. The van der Waals surface area contributed by atoms with E-state index in [1.165, 1.54) is 13.3 Å². The zero-order valence-corrected chi connectivity index (χ0v) is 16.5. The minimum absolute atomic E-state index is 0. The number of rotatable bonds is 4. The molecule has 28 heavy (non-hydrogen) atoms. The third-order valence-corrected chi connectivity index (χ3v) is 5.56. The molecular weight excluding hydrogens is 389 g/mol. The number of aromatic carboxylic acids is 1. The van der Waals surface area contributed by atoms with E-state index in [2.05, 4.69) is 0 Å². The lowest BCUT2D eigenvalue weighted by Crippen LogP contribution is -2.29. The first-order valence-corrected chi connectivity index (χ1v) is 9.02. The predicted octanol–water partition coefficient (Wildman–Crippen LogP) is 2.39. The Hall–Kier alpha value is -2.32. The fourth-order valence-electron chi connectivity index (χ4n) is 3.90. The van der Waals surface area contributed by atoms with Crippen molar-refractivity contribution in [1.82, 2.24) is 4.57 Å². The summed E-state index contributed by atoms with van der Waals surface area (Å²) >= 11 is 0. The van der Waals surface area contributed by atoms with E-state index >= 15 is 4.39 Å². The third kappa shape index (κ3) is 3.10. The van der Waals surface area contributed by atoms with Gasteiger partial charge in [-0.15, -0.1) is 12.4 Å². The number of carboxylic acid groups (broad SMARTS) is 1. The SMILES string of the molecule is COc1c(N2CC(C)C(N)C2)c(F)cc2c(=O)c(C(=O)O)cn(C3CC3)c12.Cl. The smallest absolute Gasteiger partial charge is 0.341 e. The Morgan fingerprint density at radius 2 is 2.04 bits per heavy atom. The molecule has 2 aliphatic rings. The van der Waals surface area contributed by atoms with Crippen LogP contribution in [0.4, 0.5) is 10.1 Å². The van der Waals surface area contributed by atoms with Crippen LogP contribution in [0.5, 0.6) is 5.75 Å². The highest BCUT2D eigenvalue weighted by atomic mass is 35.5. The number of nitrogens with zero attached hydrogens (tertiary/aromatic N) is 2. The predicted molar refractivity (Wildman–Crippen MR) is 107 cm³/mol. The third-order valence-electron chi connectivity index (χ3n) is 5.56. The maximum atomic E-state index is 15.1. The van der Waals surface area contributed by atoms with Gasteiger partial charge in [0, 0.05) is 31.4 Å². The van der Waals surface area contributed by atoms with Crippen LogP contribution in [-0.2, 0) is 0 Å². The number of carboxylic acids is 1. The number of anilines is 1. The van der Waals surface area contributed by atoms with Crippen LogP contribution >= 0.6 is 12.4 Å². The number of hydrogen-bond donors (Lipinski definition) is 2. The zero-order valence-electron chi connectivity index (χ0n) is 15.6. The fourth-order valence-corrected chi connectivity index (χ4v) is 3.90. The van der Waals surface area contributed by atoms with Crippen LogP contribution in [0.3, 0.4) is 0 Å². The first-order valence-electron chi connectivity index (χ1n) is 9.02. The van der Waals surface area contributed by atoms with E-state index in [1.54, 1.807) is 4.57 Å². The molecule has 9 heteroatoms. The van der Waals surface area contributed by atoms with Crippen LogP contribution in [-0.4, -0.2) is 41.9 Å². The van der Waals surface area contributed by atoms with Gasteiger partial charge in [0.1, 0.15) is 11.3 Å². The second kappa shape index (κ2) is 7.25. The van der Waals surface area contributed by atoms with E-state index in [0.29, 0.717) is 18.6 Å². The molecule has 7 nitrogen and oxygen atoms in total. The molecule has 2 aromatic rings. The monoisotopic (exact) mass is 411 g/mol. The molecule has 1 saturated heterocycles. The van der Waals surface area contributed by atoms with Gasteiger partial charge >= 0.3 is 5.97 Å². The highest BCUT2D eigenvalue weighted by Gasteiger charge is 2.34. The van der Waals surface area contributed by atoms with E-state index in [1.807, 2.05) is 11.8 Å². The summed E-state index contributed by atoms with van der Waals surface area (Å²) in [5.41, 5.74) is 5.76. The number of methoxy groups -OCH3 is 1. The number of nitrogens with two attached hydrogens (primary N) is 1. The number of halogens is 2. The zero-order chi connectivity index (χ0) is 19.5. The van der Waals surface area contributed by atoms with E-state index in [0.717, 1.165) is 18.9 Å². The van der Waals surface area contributed by atoms with Crippen molar-refractivity contribution in [2.75, 3.05) is 25.1 Å². The van der Waals surface area contributed by atoms with Gasteiger partial charge in [0.05, 0.1) is 18.0 Å². The molecule has 1 saturated carbocycles. The molecule has 2 heterocycles. The lowest BCUT2D eigenvalue weighted by Gasteiger charge is -2.24. The quantitative estimate of drug-likeness (QED) is 0.801. The normalized spacial score (nSPS) is 21.6. The first-order chi connectivity index (χ1) is 12.8. The van der Waals surface area contributed by atoms with Gasteiger partial charge in [0.25, 0.3) is 0 Å². The number of carbonyl (C=O) groups is 1. The van der Waals surface area contributed by atoms with Crippen molar-refractivity contribution >= 4 is 35.0 Å². The van der Waals surface area contributed by atoms with Crippen molar-refractivity contribution in [3.8, 4) is 5.75 Å². The molecule has 4 rings (SSSR count). The van der Waals surface area contributed by atoms with Crippen molar-refractivity contribution in [3.63, 3.8) is 0 Å². The van der Waals surface area contributed by atoms with Crippen molar-refractivity contribution in [2.24, 2.45) is 11.7 Å². The molecule has 3 N–H and O–H groups in total. The minimum Gasteiger partial charge on any atom is -0.492 e. The van der Waals surface area contributed by atoms with Gasteiger partial charge in [-0.05, 0) is 24.8 Å². The second-order valence-electron chi connectivity index (χ2n) is 7.50. The Morgan fingerprint density at radius 3 is 2.54 bits per heavy atom. The summed E-state index contributed by atoms with van der Waals surface area (Å²) in [7, 11) is 1.43. The Bertz CT molecular complexity index is 995. The second-order valence-corrected chi connectivity index (χ2v) is 7.50. The number of aromatic nitrogens is 1. The van der Waals surface area contributed by atoms with Crippen LogP contribution in [0.25, 0.3) is 10.9 Å². The summed E-state index contributed by atoms with van der Waals surface area (Å²) < 4.78 is 22.4. The summed E-state index contributed by atoms with van der Waals surface area (Å²) in [6.45, 7) is 3.08. The van der Waals surface area contributed by atoms with E-state index in [4.69, 9.17) is 10.5 Å². The molecule has 2 unspecified atom stereocenters. The molecule has 2 atom stereocenters. The first kappa shape index (κ1) is 20.4. The summed E-state index contributed by atoms with van der Waals surface area (Å²) in [6.07, 6.45) is 3.10. The van der Waals surface area contributed by atoms with Gasteiger partial charge in [-0.3, -0.25) is 4.79 Å². The molecule has 0 radical (unpaired) electrons. The summed E-state index contributed by atoms with van der Waals surface area (Å²) in [5.74, 6) is -1.47. The molecule has 1 aliphatic heterocycles. The summed E-state index contributed by atoms with van der Waals surface area (Å²) in [5, 5.41) is 9.40. The average Bonchev–Trinajstić information content (AvgIpc) is 3.40. The highest BCUT2D eigenvalue weighted by Crippen LogP contribution is 2.44. The van der Waals surface area contributed by atoms with Gasteiger partial charge in [-0.2, -0.15) is 0 Å². The van der Waals surface area contributed by atoms with Crippen molar-refractivity contribution in [3.05, 3.63) is 33.9 Å². The van der Waals surface area contributed by atoms with Crippen LogP contribution in [0.1, 0.15) is 36.2 Å². The Kier molecular flexibility index (Phi) is 5.29. The number of pyridine rings is 1. The van der Waals surface area contributed by atoms with Gasteiger partial charge in [-0.1, -0.05) is 6.92 Å². The lowest BCUT2D eigenvalue weighted by atomic mass is 10.1. The van der Waals surface area contributed by atoms with Gasteiger partial charge in [-0.25, -0.2) is 9.18 Å². The van der Waals surface area contributed by atoms with Gasteiger partial charge < -0.3 is 25.0 Å². The maximum Gasteiger partial charge on any atom is 0.341 e. The Labute approximate surface area is 167 Å². The Morgan fingerprint density at radius 1 is 1.36 bits per heavy atom. The van der Waals surface area contributed by atoms with Crippen LogP contribution in [0.15, 0.2) is 17.1 Å². The number of hydrogen-bond acceptors (Lipinski definition) is 5. The van der Waals surface area contributed by atoms with Crippen molar-refractivity contribution in [1.29, 1.82) is 0 Å². The molecular formula is C19H23ClFN3O4. The molecule has 0 bridgehead atoms. The molecule has 152 valence electrons. The molecule has 1 aliphatic carbocycles. The van der Waals surface area contributed by atoms with Crippen molar-refractivity contribution in [2.45, 2.75) is 31.8 Å². The highest BCUT2D eigenvalue weighted by molar-refractivity contribution is 5.97. The molecule has 1 aromatic heterocycles. The molecule has 1 aromatic carbocycles. The number of fused-ring (bicyclic) bond motifs is 1. The number of benzene rings is 1. The van der Waals surface area contributed by atoms with Crippen LogP contribution in [0.2, 0.25) is 0 Å².